The largest absolute Gasteiger partial charge is 0.321 e. The lowest BCUT2D eigenvalue weighted by molar-refractivity contribution is 0.403. The highest BCUT2D eigenvalue weighted by atomic mass is 19.1. The van der Waals surface area contributed by atoms with Crippen LogP contribution >= 0.6 is 0 Å². The molecule has 1 aromatic carbocycles. The highest BCUT2D eigenvalue weighted by molar-refractivity contribution is 5.27. The van der Waals surface area contributed by atoms with Crippen LogP contribution in [0.5, 0.6) is 0 Å². The Balaban J connectivity index is 2.30. The Kier molecular flexibility index (Phi) is 2.98. The predicted molar refractivity (Wildman–Crippen MR) is 59.9 cm³/mol. The zero-order valence-corrected chi connectivity index (χ0v) is 9.47. The third kappa shape index (κ3) is 1.96. The average molecular weight is 225 g/mol. The van der Waals surface area contributed by atoms with Gasteiger partial charge in [-0.15, -0.1) is 0 Å². The molecule has 0 aliphatic heterocycles. The fraction of sp³-hybridized carbons (Fsp3) is 0.538. The van der Waals surface area contributed by atoms with Crippen LogP contribution in [0.4, 0.5) is 8.78 Å². The molecule has 2 atom stereocenters. The molecule has 88 valence electrons. The van der Waals surface area contributed by atoms with Crippen molar-refractivity contribution < 1.29 is 8.78 Å². The van der Waals surface area contributed by atoms with Crippen LogP contribution in [0.15, 0.2) is 18.2 Å². The van der Waals surface area contributed by atoms with Crippen LogP contribution in [0.2, 0.25) is 0 Å². The van der Waals surface area contributed by atoms with Gasteiger partial charge < -0.3 is 5.73 Å². The van der Waals surface area contributed by atoms with Crippen LogP contribution in [-0.2, 0) is 5.54 Å². The van der Waals surface area contributed by atoms with Gasteiger partial charge in [-0.2, -0.15) is 0 Å². The summed E-state index contributed by atoms with van der Waals surface area (Å²) in [7, 11) is 0. The lowest BCUT2D eigenvalue weighted by Gasteiger charge is -2.25. The third-order valence-electron chi connectivity index (χ3n) is 3.70. The summed E-state index contributed by atoms with van der Waals surface area (Å²) in [6.45, 7) is 2.12. The van der Waals surface area contributed by atoms with Gasteiger partial charge in [0.05, 0.1) is 0 Å². The minimum absolute atomic E-state index is 0.463. The molecule has 1 aliphatic carbocycles. The van der Waals surface area contributed by atoms with Gasteiger partial charge in [-0.05, 0) is 31.2 Å². The van der Waals surface area contributed by atoms with E-state index in [0.717, 1.165) is 31.7 Å². The van der Waals surface area contributed by atoms with Crippen LogP contribution in [-0.4, -0.2) is 0 Å². The van der Waals surface area contributed by atoms with Crippen molar-refractivity contribution in [3.05, 3.63) is 35.4 Å². The second-order valence-corrected chi connectivity index (χ2v) is 4.80. The van der Waals surface area contributed by atoms with Gasteiger partial charge in [0.1, 0.15) is 11.6 Å². The molecule has 0 amide bonds. The molecule has 0 heterocycles. The molecule has 3 heteroatoms. The Morgan fingerprint density at radius 1 is 1.44 bits per heavy atom. The monoisotopic (exact) mass is 225 g/mol. The summed E-state index contributed by atoms with van der Waals surface area (Å²) in [5, 5.41) is 0. The Morgan fingerprint density at radius 2 is 2.19 bits per heavy atom. The summed E-state index contributed by atoms with van der Waals surface area (Å²) in [5.74, 6) is -0.497. The van der Waals surface area contributed by atoms with Crippen molar-refractivity contribution in [2.45, 2.75) is 38.1 Å². The smallest absolute Gasteiger partial charge is 0.131 e. The molecule has 2 N–H and O–H groups in total. The summed E-state index contributed by atoms with van der Waals surface area (Å²) < 4.78 is 26.5. The standard InChI is InChI=1S/C13H17F2N/c1-2-9-5-6-13(16,8-9)11-4-3-10(14)7-12(11)15/h3-4,7,9H,2,5-6,8,16H2,1H3. The van der Waals surface area contributed by atoms with E-state index in [1.165, 1.54) is 12.1 Å². The van der Waals surface area contributed by atoms with Gasteiger partial charge in [0, 0.05) is 17.2 Å². The van der Waals surface area contributed by atoms with E-state index in [-0.39, 0.29) is 0 Å². The minimum atomic E-state index is -0.599. The Hall–Kier alpha value is -0.960. The summed E-state index contributed by atoms with van der Waals surface area (Å²) in [5.41, 5.74) is 6.10. The Morgan fingerprint density at radius 3 is 2.75 bits per heavy atom. The number of hydrogen-bond acceptors (Lipinski definition) is 1. The van der Waals surface area contributed by atoms with Crippen molar-refractivity contribution in [3.63, 3.8) is 0 Å². The molecule has 1 aliphatic rings. The van der Waals surface area contributed by atoms with Crippen molar-refractivity contribution in [2.75, 3.05) is 0 Å². The summed E-state index contributed by atoms with van der Waals surface area (Å²) >= 11 is 0. The van der Waals surface area contributed by atoms with Gasteiger partial charge in [-0.3, -0.25) is 0 Å². The summed E-state index contributed by atoms with van der Waals surface area (Å²) in [6.07, 6.45) is 3.69. The molecule has 2 unspecified atom stereocenters. The lowest BCUT2D eigenvalue weighted by Crippen LogP contribution is -2.34. The van der Waals surface area contributed by atoms with E-state index in [1.54, 1.807) is 0 Å². The van der Waals surface area contributed by atoms with Gasteiger partial charge in [0.15, 0.2) is 0 Å². The molecule has 16 heavy (non-hydrogen) atoms. The maximum atomic E-state index is 13.7. The van der Waals surface area contributed by atoms with Crippen molar-refractivity contribution in [2.24, 2.45) is 11.7 Å². The van der Waals surface area contributed by atoms with Crippen LogP contribution in [0.1, 0.15) is 38.2 Å². The minimum Gasteiger partial charge on any atom is -0.321 e. The molecule has 0 saturated heterocycles. The van der Waals surface area contributed by atoms with Crippen molar-refractivity contribution in [3.8, 4) is 0 Å². The topological polar surface area (TPSA) is 26.0 Å². The van der Waals surface area contributed by atoms with E-state index in [9.17, 15) is 8.78 Å². The second kappa shape index (κ2) is 4.13. The van der Waals surface area contributed by atoms with Crippen molar-refractivity contribution in [1.82, 2.24) is 0 Å². The number of halogens is 2. The number of rotatable bonds is 2. The predicted octanol–water partition coefficient (Wildman–Crippen LogP) is 3.33. The Labute approximate surface area is 94.7 Å². The zero-order chi connectivity index (χ0) is 11.8. The van der Waals surface area contributed by atoms with Crippen molar-refractivity contribution in [1.29, 1.82) is 0 Å². The lowest BCUT2D eigenvalue weighted by atomic mass is 9.87. The first kappa shape index (κ1) is 11.5. The molecule has 1 nitrogen and oxygen atoms in total. The molecule has 1 saturated carbocycles. The molecule has 1 aromatic rings. The number of benzene rings is 1. The van der Waals surface area contributed by atoms with E-state index in [4.69, 9.17) is 5.73 Å². The normalized spacial score (nSPS) is 29.6. The van der Waals surface area contributed by atoms with Gasteiger partial charge >= 0.3 is 0 Å². The van der Waals surface area contributed by atoms with E-state index in [1.807, 2.05) is 0 Å². The molecule has 0 spiro atoms. The zero-order valence-electron chi connectivity index (χ0n) is 9.47. The third-order valence-corrected chi connectivity index (χ3v) is 3.70. The second-order valence-electron chi connectivity index (χ2n) is 4.80. The van der Waals surface area contributed by atoms with Crippen LogP contribution in [0, 0.1) is 17.6 Å². The van der Waals surface area contributed by atoms with E-state index < -0.39 is 17.2 Å². The molecule has 1 fully saturated rings. The van der Waals surface area contributed by atoms with Crippen LogP contribution in [0.3, 0.4) is 0 Å². The fourth-order valence-corrected chi connectivity index (χ4v) is 2.67. The highest BCUT2D eigenvalue weighted by Crippen LogP contribution is 2.42. The molecule has 0 radical (unpaired) electrons. The van der Waals surface area contributed by atoms with E-state index in [0.29, 0.717) is 11.5 Å². The summed E-state index contributed by atoms with van der Waals surface area (Å²) in [4.78, 5) is 0. The summed E-state index contributed by atoms with van der Waals surface area (Å²) in [6, 6.07) is 3.69. The SMILES string of the molecule is CCC1CCC(N)(c2ccc(F)cc2F)C1. The van der Waals surface area contributed by atoms with Gasteiger partial charge in [-0.1, -0.05) is 19.4 Å². The quantitative estimate of drug-likeness (QED) is 0.820. The van der Waals surface area contributed by atoms with Gasteiger partial charge in [0.2, 0.25) is 0 Å². The maximum absolute atomic E-state index is 13.7. The first-order valence-electron chi connectivity index (χ1n) is 5.79. The Bertz CT molecular complexity index is 392. The number of hydrogen-bond donors (Lipinski definition) is 1. The highest BCUT2D eigenvalue weighted by Gasteiger charge is 2.38. The fourth-order valence-electron chi connectivity index (χ4n) is 2.67. The van der Waals surface area contributed by atoms with Crippen LogP contribution < -0.4 is 5.73 Å². The number of nitrogens with two attached hydrogens (primary N) is 1. The van der Waals surface area contributed by atoms with Gasteiger partial charge in [-0.25, -0.2) is 8.78 Å². The molecule has 2 rings (SSSR count). The van der Waals surface area contributed by atoms with Gasteiger partial charge in [0.25, 0.3) is 0 Å². The van der Waals surface area contributed by atoms with Crippen LogP contribution in [0.25, 0.3) is 0 Å². The molecule has 0 bridgehead atoms. The first-order valence-corrected chi connectivity index (χ1v) is 5.79. The van der Waals surface area contributed by atoms with Crippen molar-refractivity contribution >= 4 is 0 Å². The first-order chi connectivity index (χ1) is 7.55. The molecule has 0 aromatic heterocycles. The van der Waals surface area contributed by atoms with E-state index >= 15 is 0 Å². The molecular formula is C13H17F2N. The molecular weight excluding hydrogens is 208 g/mol. The average Bonchev–Trinajstić information content (AvgIpc) is 2.61. The maximum Gasteiger partial charge on any atom is 0.131 e. The van der Waals surface area contributed by atoms with E-state index in [2.05, 4.69) is 6.92 Å².